The van der Waals surface area contributed by atoms with Gasteiger partial charge in [0.1, 0.15) is 6.41 Å². The zero-order valence-electron chi connectivity index (χ0n) is 13.8. The Hall–Kier alpha value is 0.190. The van der Waals surface area contributed by atoms with Crippen LogP contribution in [0.2, 0.25) is 0 Å². The summed E-state index contributed by atoms with van der Waals surface area (Å²) in [6.07, 6.45) is 5.60. The van der Waals surface area contributed by atoms with Crippen LogP contribution in [0.3, 0.4) is 0 Å². The van der Waals surface area contributed by atoms with Gasteiger partial charge >= 0.3 is 0 Å². The molecule has 2 rings (SSSR count). The van der Waals surface area contributed by atoms with Gasteiger partial charge in [0.25, 0.3) is 10.0 Å². The normalized spacial score (nSPS) is 19.5. The Bertz CT molecular complexity index is 684. The summed E-state index contributed by atoms with van der Waals surface area (Å²) in [4.78, 5) is 0.275. The van der Waals surface area contributed by atoms with Crippen molar-refractivity contribution in [2.24, 2.45) is 4.15 Å². The summed E-state index contributed by atoms with van der Waals surface area (Å²) in [6, 6.07) is 6.73. The zero-order valence-corrected chi connectivity index (χ0v) is 17.9. The van der Waals surface area contributed by atoms with Crippen LogP contribution in [-0.2, 0) is 10.0 Å². The highest BCUT2D eigenvalue weighted by Crippen LogP contribution is 2.69. The molecule has 1 unspecified atom stereocenters. The molecule has 0 amide bonds. The highest BCUT2D eigenvalue weighted by Gasteiger charge is 2.35. The molecule has 130 valence electrons. The van der Waals surface area contributed by atoms with Crippen molar-refractivity contribution in [1.82, 2.24) is 4.67 Å². The summed E-state index contributed by atoms with van der Waals surface area (Å²) in [6.45, 7) is 0. The van der Waals surface area contributed by atoms with E-state index in [0.29, 0.717) is 5.66 Å². The second-order valence-corrected chi connectivity index (χ2v) is 14.7. The lowest BCUT2D eigenvalue weighted by molar-refractivity contribution is 0.498. The third kappa shape index (κ3) is 4.43. The second kappa shape index (κ2) is 8.05. The molecule has 0 heterocycles. The predicted molar refractivity (Wildman–Crippen MR) is 105 cm³/mol. The lowest BCUT2D eigenvalue weighted by atomic mass is 10.0. The average Bonchev–Trinajstić information content (AvgIpc) is 2.53. The maximum atomic E-state index is 12.9. The number of hydrogen-bond acceptors (Lipinski definition) is 3. The van der Waals surface area contributed by atoms with Gasteiger partial charge in [0.2, 0.25) is 0 Å². The van der Waals surface area contributed by atoms with Crippen molar-refractivity contribution in [3.63, 3.8) is 0 Å². The van der Waals surface area contributed by atoms with Crippen LogP contribution in [-0.4, -0.2) is 39.1 Å². The van der Waals surface area contributed by atoms with E-state index >= 15 is 0 Å². The second-order valence-electron chi connectivity index (χ2n) is 5.92. The molecule has 1 atom stereocenters. The van der Waals surface area contributed by atoms with E-state index in [4.69, 9.17) is 0 Å². The van der Waals surface area contributed by atoms with Crippen LogP contribution < -0.4 is 0 Å². The van der Waals surface area contributed by atoms with Crippen molar-refractivity contribution in [3.8, 4) is 0 Å². The lowest BCUT2D eigenvalue weighted by Crippen LogP contribution is -2.21. The van der Waals surface area contributed by atoms with Crippen LogP contribution >= 0.6 is 33.7 Å². The minimum Gasteiger partial charge on any atom is -0.267 e. The first-order valence-electron chi connectivity index (χ1n) is 7.69. The first-order chi connectivity index (χ1) is 10.8. The van der Waals surface area contributed by atoms with Crippen molar-refractivity contribution >= 4 is 43.7 Å². The van der Waals surface area contributed by atoms with Gasteiger partial charge in [-0.3, -0.25) is 4.67 Å². The smallest absolute Gasteiger partial charge is 0.267 e. The molecule has 0 aromatic heterocycles. The maximum Gasteiger partial charge on any atom is 0.282 e. The molecule has 1 aliphatic carbocycles. The Morgan fingerprint density at radius 1 is 1.17 bits per heavy atom. The average molecular weight is 439 g/mol. The SMILES string of the molecule is CSP(=NS(=O)(=O)c1ccc(Br)cc1)(C1CCCCC1)N(C)C. The quantitative estimate of drug-likeness (QED) is 0.575. The molecule has 0 aliphatic heterocycles. The summed E-state index contributed by atoms with van der Waals surface area (Å²) in [7, 11) is 0.293. The third-order valence-electron chi connectivity index (χ3n) is 4.23. The van der Waals surface area contributed by atoms with Crippen LogP contribution in [0, 0.1) is 0 Å². The summed E-state index contributed by atoms with van der Waals surface area (Å²) in [5.41, 5.74) is 0.367. The van der Waals surface area contributed by atoms with E-state index in [1.807, 2.05) is 20.4 Å². The van der Waals surface area contributed by atoms with Crippen molar-refractivity contribution in [3.05, 3.63) is 28.7 Å². The molecule has 0 spiro atoms. The predicted octanol–water partition coefficient (Wildman–Crippen LogP) is 5.43. The van der Waals surface area contributed by atoms with E-state index in [1.54, 1.807) is 35.6 Å². The number of rotatable bonds is 5. The zero-order chi connectivity index (χ0) is 17.1. The van der Waals surface area contributed by atoms with Gasteiger partial charge in [-0.15, -0.1) is 11.4 Å². The standard InChI is InChI=1S/C15H24BrN2O2PS2/c1-18(2)21(22-3,14-7-5-4-6-8-14)17-23(19,20)15-11-9-13(16)10-12-15/h9-12,14H,4-8H2,1-3H3. The monoisotopic (exact) mass is 438 g/mol. The van der Waals surface area contributed by atoms with Gasteiger partial charge in [0.15, 0.2) is 0 Å². The summed E-state index contributed by atoms with van der Waals surface area (Å²) in [5.74, 6) is 0. The first kappa shape index (κ1) is 19.5. The van der Waals surface area contributed by atoms with Crippen molar-refractivity contribution in [2.75, 3.05) is 20.4 Å². The Morgan fingerprint density at radius 3 is 2.22 bits per heavy atom. The maximum absolute atomic E-state index is 12.9. The van der Waals surface area contributed by atoms with Gasteiger partial charge < -0.3 is 0 Å². The fourth-order valence-electron chi connectivity index (χ4n) is 3.04. The largest absolute Gasteiger partial charge is 0.282 e. The van der Waals surface area contributed by atoms with E-state index in [9.17, 15) is 8.42 Å². The molecule has 8 heteroatoms. The molecule has 0 bridgehead atoms. The highest BCUT2D eigenvalue weighted by molar-refractivity contribution is 9.10. The Labute approximate surface area is 152 Å². The lowest BCUT2D eigenvalue weighted by Gasteiger charge is -2.38. The third-order valence-corrected chi connectivity index (χ3v) is 14.7. The molecule has 23 heavy (non-hydrogen) atoms. The molecule has 1 aromatic rings. The number of hydrogen-bond donors (Lipinski definition) is 0. The van der Waals surface area contributed by atoms with E-state index in [0.717, 1.165) is 17.3 Å². The highest BCUT2D eigenvalue weighted by atomic mass is 79.9. The van der Waals surface area contributed by atoms with Crippen molar-refractivity contribution in [1.29, 1.82) is 0 Å². The van der Waals surface area contributed by atoms with Crippen LogP contribution in [0.15, 0.2) is 37.8 Å². The van der Waals surface area contributed by atoms with E-state index in [-0.39, 0.29) is 4.90 Å². The van der Waals surface area contributed by atoms with Gasteiger partial charge in [-0.05, 0) is 57.5 Å². The molecule has 1 fully saturated rings. The number of halogens is 1. The molecule has 1 saturated carbocycles. The van der Waals surface area contributed by atoms with Crippen LogP contribution in [0.25, 0.3) is 0 Å². The Balaban J connectivity index is 2.53. The molecule has 0 saturated heterocycles. The molecular weight excluding hydrogens is 415 g/mol. The van der Waals surface area contributed by atoms with E-state index in [2.05, 4.69) is 24.8 Å². The van der Waals surface area contributed by atoms with E-state index in [1.165, 1.54) is 19.3 Å². The molecule has 0 radical (unpaired) electrons. The van der Waals surface area contributed by atoms with Gasteiger partial charge in [0, 0.05) is 10.1 Å². The Morgan fingerprint density at radius 2 is 1.74 bits per heavy atom. The van der Waals surface area contributed by atoms with Gasteiger partial charge in [-0.2, -0.15) is 12.6 Å². The van der Waals surface area contributed by atoms with Crippen molar-refractivity contribution < 1.29 is 8.42 Å². The van der Waals surface area contributed by atoms with E-state index < -0.39 is 16.4 Å². The molecule has 4 nitrogen and oxygen atoms in total. The summed E-state index contributed by atoms with van der Waals surface area (Å²) < 4.78 is 33.2. The fourth-order valence-corrected chi connectivity index (χ4v) is 13.0. The molecule has 0 N–H and O–H groups in total. The van der Waals surface area contributed by atoms with Gasteiger partial charge in [-0.25, -0.2) is 0 Å². The topological polar surface area (TPSA) is 49.7 Å². The molecular formula is C15H24BrN2O2PS2. The first-order valence-corrected chi connectivity index (χ1v) is 13.5. The van der Waals surface area contributed by atoms with Crippen LogP contribution in [0.1, 0.15) is 32.1 Å². The number of sulfonamides is 1. The minimum absolute atomic E-state index is 0.275. The van der Waals surface area contributed by atoms with Gasteiger partial charge in [0.05, 0.1) is 4.90 Å². The van der Waals surface area contributed by atoms with Gasteiger partial charge in [-0.1, -0.05) is 35.2 Å². The Kier molecular flexibility index (Phi) is 6.83. The number of benzene rings is 1. The molecule has 1 aliphatic rings. The fraction of sp³-hybridized carbons (Fsp3) is 0.600. The summed E-state index contributed by atoms with van der Waals surface area (Å²) in [5, 5.41) is 0. The number of nitrogens with zero attached hydrogens (tertiary/aromatic N) is 2. The summed E-state index contributed by atoms with van der Waals surface area (Å²) >= 11 is 4.98. The molecule has 1 aromatic carbocycles. The van der Waals surface area contributed by atoms with Crippen LogP contribution in [0.4, 0.5) is 0 Å². The van der Waals surface area contributed by atoms with Crippen molar-refractivity contribution in [2.45, 2.75) is 42.7 Å². The minimum atomic E-state index is -3.65. The van der Waals surface area contributed by atoms with Crippen LogP contribution in [0.5, 0.6) is 0 Å².